The van der Waals surface area contributed by atoms with Gasteiger partial charge in [0, 0.05) is 20.9 Å². The van der Waals surface area contributed by atoms with Gasteiger partial charge in [0.05, 0.1) is 5.52 Å². The number of aromatic amines is 1. The summed E-state index contributed by atoms with van der Waals surface area (Å²) in [4.78, 5) is 15.7. The lowest BCUT2D eigenvalue weighted by atomic mass is 10.0. The number of rotatable bonds is 0. The Labute approximate surface area is 136 Å². The van der Waals surface area contributed by atoms with Crippen molar-refractivity contribution >= 4 is 53.2 Å². The van der Waals surface area contributed by atoms with Crippen molar-refractivity contribution in [1.29, 1.82) is 0 Å². The molecule has 0 spiro atoms. The van der Waals surface area contributed by atoms with Crippen LogP contribution < -0.4 is 5.56 Å². The first-order valence-corrected chi connectivity index (χ1v) is 8.41. The Kier molecular flexibility index (Phi) is 2.48. The summed E-state index contributed by atoms with van der Waals surface area (Å²) in [6.45, 7) is 2.04. The third-order valence-corrected chi connectivity index (χ3v) is 5.80. The van der Waals surface area contributed by atoms with E-state index >= 15 is 0 Å². The lowest BCUT2D eigenvalue weighted by Gasteiger charge is -2.04. The molecule has 3 heteroatoms. The minimum Gasteiger partial charge on any atom is -0.320 e. The van der Waals surface area contributed by atoms with E-state index in [1.807, 2.05) is 19.1 Å². The first kappa shape index (κ1) is 12.9. The van der Waals surface area contributed by atoms with Crippen LogP contribution >= 0.6 is 11.3 Å². The molecule has 0 saturated carbocycles. The zero-order valence-corrected chi connectivity index (χ0v) is 13.3. The van der Waals surface area contributed by atoms with E-state index in [4.69, 9.17) is 0 Å². The molecular weight excluding hydrogens is 302 g/mol. The summed E-state index contributed by atoms with van der Waals surface area (Å²) >= 11 is 1.59. The van der Waals surface area contributed by atoms with Gasteiger partial charge in [-0.25, -0.2) is 0 Å². The number of nitrogens with one attached hydrogen (secondary N) is 1. The van der Waals surface area contributed by atoms with Crippen molar-refractivity contribution in [2.24, 2.45) is 0 Å². The summed E-state index contributed by atoms with van der Waals surface area (Å²) in [6, 6.07) is 18.8. The monoisotopic (exact) mass is 315 g/mol. The third-order valence-electron chi connectivity index (χ3n) is 4.57. The molecule has 0 aliphatic carbocycles. The molecule has 0 unspecified atom stereocenters. The molecule has 0 aliphatic heterocycles. The Morgan fingerprint density at radius 1 is 0.826 bits per heavy atom. The number of fused-ring (bicyclic) bond motifs is 7. The van der Waals surface area contributed by atoms with Gasteiger partial charge in [-0.3, -0.25) is 4.79 Å². The zero-order chi connectivity index (χ0) is 15.6. The summed E-state index contributed by atoms with van der Waals surface area (Å²) in [5, 5.41) is 5.81. The zero-order valence-electron chi connectivity index (χ0n) is 12.5. The Morgan fingerprint density at radius 3 is 2.57 bits per heavy atom. The number of pyridine rings is 1. The predicted octanol–water partition coefficient (Wildman–Crippen LogP) is 5.36. The molecule has 0 aliphatic rings. The van der Waals surface area contributed by atoms with Crippen molar-refractivity contribution in [1.82, 2.24) is 4.98 Å². The van der Waals surface area contributed by atoms with Gasteiger partial charge in [-0.2, -0.15) is 0 Å². The Morgan fingerprint density at radius 2 is 1.65 bits per heavy atom. The van der Waals surface area contributed by atoms with Crippen LogP contribution in [-0.2, 0) is 0 Å². The number of thiophene rings is 1. The number of para-hydroxylation sites is 1. The molecule has 0 saturated heterocycles. The molecule has 2 aromatic heterocycles. The van der Waals surface area contributed by atoms with Crippen LogP contribution in [0.2, 0.25) is 0 Å². The largest absolute Gasteiger partial charge is 0.320 e. The maximum atomic E-state index is 12.6. The molecule has 23 heavy (non-hydrogen) atoms. The predicted molar refractivity (Wildman–Crippen MR) is 99.7 cm³/mol. The van der Waals surface area contributed by atoms with E-state index in [-0.39, 0.29) is 5.56 Å². The van der Waals surface area contributed by atoms with Crippen LogP contribution in [0.25, 0.3) is 41.8 Å². The highest BCUT2D eigenvalue weighted by atomic mass is 32.1. The smallest absolute Gasteiger partial charge is 0.266 e. The molecule has 3 aromatic carbocycles. The van der Waals surface area contributed by atoms with Crippen LogP contribution in [0.15, 0.2) is 59.4 Å². The average Bonchev–Trinajstić information content (AvgIpc) is 2.97. The molecular formula is C20H13NOS. The second kappa shape index (κ2) is 4.43. The van der Waals surface area contributed by atoms with Crippen molar-refractivity contribution in [3.8, 4) is 0 Å². The van der Waals surface area contributed by atoms with E-state index in [2.05, 4.69) is 47.4 Å². The second-order valence-electron chi connectivity index (χ2n) is 5.92. The minimum absolute atomic E-state index is 0.00656. The van der Waals surface area contributed by atoms with E-state index in [0.29, 0.717) is 0 Å². The van der Waals surface area contributed by atoms with Crippen LogP contribution in [0.3, 0.4) is 0 Å². The maximum Gasteiger partial charge on any atom is 0.266 e. The van der Waals surface area contributed by atoms with Gasteiger partial charge in [0.2, 0.25) is 0 Å². The molecule has 0 amide bonds. The molecule has 0 fully saturated rings. The Hall–Kier alpha value is -2.65. The highest BCUT2D eigenvalue weighted by Gasteiger charge is 2.14. The van der Waals surface area contributed by atoms with Crippen LogP contribution in [0.4, 0.5) is 0 Å². The summed E-state index contributed by atoms with van der Waals surface area (Å²) in [5.41, 5.74) is 2.05. The topological polar surface area (TPSA) is 32.9 Å². The highest BCUT2D eigenvalue weighted by molar-refractivity contribution is 7.26. The molecule has 0 bridgehead atoms. The number of aromatic nitrogens is 1. The summed E-state index contributed by atoms with van der Waals surface area (Å²) in [6.07, 6.45) is 0. The standard InChI is InChI=1S/C20H13NOS/c1-11-5-4-8-14-16-15-10-9-12-6-2-3-7-13(12)18(15)23-19(16)20(22)21-17(11)14/h2-10H,1H3,(H,21,22). The fourth-order valence-corrected chi connectivity index (χ4v) is 4.71. The summed E-state index contributed by atoms with van der Waals surface area (Å²) in [5.74, 6) is 0. The Balaban J connectivity index is 2.15. The molecule has 5 rings (SSSR count). The second-order valence-corrected chi connectivity index (χ2v) is 6.94. The van der Waals surface area contributed by atoms with Crippen molar-refractivity contribution in [3.05, 3.63) is 70.5 Å². The molecule has 2 nitrogen and oxygen atoms in total. The van der Waals surface area contributed by atoms with E-state index in [9.17, 15) is 4.79 Å². The minimum atomic E-state index is 0.00656. The lowest BCUT2D eigenvalue weighted by Crippen LogP contribution is -2.04. The lowest BCUT2D eigenvalue weighted by molar-refractivity contribution is 1.32. The SMILES string of the molecule is Cc1cccc2c1[nH]c(=O)c1sc3c4ccccc4ccc3c12. The van der Waals surface area contributed by atoms with Gasteiger partial charge in [-0.15, -0.1) is 11.3 Å². The van der Waals surface area contributed by atoms with Crippen molar-refractivity contribution in [3.63, 3.8) is 0 Å². The van der Waals surface area contributed by atoms with Crippen LogP contribution in [0.5, 0.6) is 0 Å². The summed E-state index contributed by atoms with van der Waals surface area (Å²) in [7, 11) is 0. The molecule has 110 valence electrons. The van der Waals surface area contributed by atoms with Crippen molar-refractivity contribution in [2.45, 2.75) is 6.92 Å². The van der Waals surface area contributed by atoms with Crippen LogP contribution in [0.1, 0.15) is 5.56 Å². The maximum absolute atomic E-state index is 12.6. The Bertz CT molecular complexity index is 1290. The van der Waals surface area contributed by atoms with Gasteiger partial charge < -0.3 is 4.98 Å². The first-order chi connectivity index (χ1) is 11.2. The molecule has 2 heterocycles. The molecule has 5 aromatic rings. The van der Waals surface area contributed by atoms with E-state index in [1.54, 1.807) is 11.3 Å². The first-order valence-electron chi connectivity index (χ1n) is 7.59. The van der Waals surface area contributed by atoms with Gasteiger partial charge in [-0.1, -0.05) is 54.6 Å². The average molecular weight is 315 g/mol. The fourth-order valence-electron chi connectivity index (χ4n) is 3.46. The van der Waals surface area contributed by atoms with E-state index in [0.717, 1.165) is 26.6 Å². The van der Waals surface area contributed by atoms with Crippen LogP contribution in [0, 0.1) is 6.92 Å². The number of H-pyrrole nitrogens is 1. The van der Waals surface area contributed by atoms with Gasteiger partial charge in [-0.05, 0) is 23.3 Å². The highest BCUT2D eigenvalue weighted by Crippen LogP contribution is 2.39. The van der Waals surface area contributed by atoms with Gasteiger partial charge in [0.15, 0.2) is 0 Å². The van der Waals surface area contributed by atoms with E-state index < -0.39 is 0 Å². The molecule has 1 N–H and O–H groups in total. The normalized spacial score (nSPS) is 11.9. The molecule has 0 atom stereocenters. The quantitative estimate of drug-likeness (QED) is 0.410. The fraction of sp³-hybridized carbons (Fsp3) is 0.0500. The van der Waals surface area contributed by atoms with Gasteiger partial charge in [0.25, 0.3) is 5.56 Å². The van der Waals surface area contributed by atoms with Crippen LogP contribution in [-0.4, -0.2) is 4.98 Å². The van der Waals surface area contributed by atoms with E-state index in [1.165, 1.54) is 20.9 Å². The van der Waals surface area contributed by atoms with Gasteiger partial charge >= 0.3 is 0 Å². The third kappa shape index (κ3) is 1.65. The van der Waals surface area contributed by atoms with Gasteiger partial charge in [0.1, 0.15) is 4.70 Å². The summed E-state index contributed by atoms with van der Waals surface area (Å²) < 4.78 is 2.01. The number of aryl methyl sites for hydroxylation is 1. The molecule has 0 radical (unpaired) electrons. The number of hydrogen-bond acceptors (Lipinski definition) is 2. The van der Waals surface area contributed by atoms with Crippen molar-refractivity contribution in [2.75, 3.05) is 0 Å². The number of hydrogen-bond donors (Lipinski definition) is 1. The van der Waals surface area contributed by atoms with Crippen molar-refractivity contribution < 1.29 is 0 Å². The number of benzene rings is 3.